The first-order valence-corrected chi connectivity index (χ1v) is 10.3. The summed E-state index contributed by atoms with van der Waals surface area (Å²) in [6, 6.07) is 13.1. The fourth-order valence-corrected chi connectivity index (χ4v) is 4.59. The minimum Gasteiger partial charge on any atom is -0.487 e. The molecule has 5 rings (SSSR count). The van der Waals surface area contributed by atoms with Gasteiger partial charge in [-0.3, -0.25) is 9.59 Å². The minimum absolute atomic E-state index is 0.0713. The molecule has 0 aromatic heterocycles. The number of piperidine rings is 1. The van der Waals surface area contributed by atoms with Crippen molar-refractivity contribution in [1.29, 1.82) is 0 Å². The molecule has 30 heavy (non-hydrogen) atoms. The standard InChI is InChI=1S/C23H24N2O5/c1-15(26)25-10-8-23(9-11-25)13-18(17-4-2-3-5-19(17)30-23)22(27)24-16-6-7-20-21(12-16)29-14-28-20/h2-7,12,18H,8-11,13-14H2,1H3,(H,24,27). The number of carbonyl (C=O) groups excluding carboxylic acids is 2. The van der Waals surface area contributed by atoms with Crippen LogP contribution in [0.4, 0.5) is 5.69 Å². The summed E-state index contributed by atoms with van der Waals surface area (Å²) in [5, 5.41) is 3.04. The van der Waals surface area contributed by atoms with Crippen LogP contribution >= 0.6 is 0 Å². The van der Waals surface area contributed by atoms with Gasteiger partial charge in [0.05, 0.1) is 5.92 Å². The number of nitrogens with one attached hydrogen (secondary N) is 1. The number of likely N-dealkylation sites (tertiary alicyclic amines) is 1. The third kappa shape index (κ3) is 3.34. The molecule has 1 atom stereocenters. The summed E-state index contributed by atoms with van der Waals surface area (Å²) >= 11 is 0. The Morgan fingerprint density at radius 1 is 1.03 bits per heavy atom. The van der Waals surface area contributed by atoms with Crippen molar-refractivity contribution in [2.45, 2.75) is 37.7 Å². The zero-order valence-corrected chi connectivity index (χ0v) is 16.8. The molecule has 1 fully saturated rings. The fourth-order valence-electron chi connectivity index (χ4n) is 4.59. The van der Waals surface area contributed by atoms with Crippen LogP contribution in [-0.2, 0) is 9.59 Å². The maximum Gasteiger partial charge on any atom is 0.232 e. The Bertz CT molecular complexity index is 997. The van der Waals surface area contributed by atoms with Crippen LogP contribution in [0.3, 0.4) is 0 Å². The fraction of sp³-hybridized carbons (Fsp3) is 0.391. The first kappa shape index (κ1) is 18.8. The molecule has 0 aliphatic carbocycles. The number of amides is 2. The number of hydrogen-bond donors (Lipinski definition) is 1. The van der Waals surface area contributed by atoms with Crippen molar-refractivity contribution in [3.8, 4) is 17.2 Å². The van der Waals surface area contributed by atoms with Crippen molar-refractivity contribution < 1.29 is 23.8 Å². The first-order valence-electron chi connectivity index (χ1n) is 10.3. The summed E-state index contributed by atoms with van der Waals surface area (Å²) in [7, 11) is 0. The zero-order valence-electron chi connectivity index (χ0n) is 16.8. The van der Waals surface area contributed by atoms with Gasteiger partial charge in [0.25, 0.3) is 0 Å². The maximum absolute atomic E-state index is 13.3. The summed E-state index contributed by atoms with van der Waals surface area (Å²) < 4.78 is 17.2. The molecule has 2 amide bonds. The van der Waals surface area contributed by atoms with Crippen LogP contribution in [0, 0.1) is 0 Å². The third-order valence-electron chi connectivity index (χ3n) is 6.27. The van der Waals surface area contributed by atoms with E-state index in [0.29, 0.717) is 49.5 Å². The van der Waals surface area contributed by atoms with Crippen molar-refractivity contribution in [1.82, 2.24) is 4.90 Å². The van der Waals surface area contributed by atoms with E-state index in [-0.39, 0.29) is 24.5 Å². The van der Waals surface area contributed by atoms with E-state index in [9.17, 15) is 9.59 Å². The largest absolute Gasteiger partial charge is 0.487 e. The van der Waals surface area contributed by atoms with Gasteiger partial charge in [0.1, 0.15) is 11.4 Å². The monoisotopic (exact) mass is 408 g/mol. The van der Waals surface area contributed by atoms with E-state index >= 15 is 0 Å². The molecule has 0 bridgehead atoms. The first-order chi connectivity index (χ1) is 14.5. The molecular weight excluding hydrogens is 384 g/mol. The Kier molecular flexibility index (Phi) is 4.53. The van der Waals surface area contributed by atoms with Crippen molar-refractivity contribution in [2.75, 3.05) is 25.2 Å². The van der Waals surface area contributed by atoms with Crippen LogP contribution in [0.2, 0.25) is 0 Å². The lowest BCUT2D eigenvalue weighted by atomic mass is 9.77. The molecule has 7 heteroatoms. The summed E-state index contributed by atoms with van der Waals surface area (Å²) in [5.41, 5.74) is 1.14. The number of hydrogen-bond acceptors (Lipinski definition) is 5. The topological polar surface area (TPSA) is 77.1 Å². The predicted molar refractivity (Wildman–Crippen MR) is 110 cm³/mol. The van der Waals surface area contributed by atoms with E-state index < -0.39 is 5.60 Å². The second-order valence-electron chi connectivity index (χ2n) is 8.14. The van der Waals surface area contributed by atoms with Gasteiger partial charge in [-0.05, 0) is 18.2 Å². The lowest BCUT2D eigenvalue weighted by Gasteiger charge is -2.46. The van der Waals surface area contributed by atoms with E-state index in [0.717, 1.165) is 11.3 Å². The van der Waals surface area contributed by atoms with Gasteiger partial charge in [-0.15, -0.1) is 0 Å². The van der Waals surface area contributed by atoms with Gasteiger partial charge in [0.2, 0.25) is 18.6 Å². The lowest BCUT2D eigenvalue weighted by molar-refractivity contribution is -0.134. The molecule has 7 nitrogen and oxygen atoms in total. The normalized spacial score (nSPS) is 21.0. The molecule has 2 aromatic rings. The zero-order chi connectivity index (χ0) is 20.7. The van der Waals surface area contributed by atoms with Gasteiger partial charge in [0, 0.05) is 56.6 Å². The van der Waals surface area contributed by atoms with Crippen LogP contribution in [0.25, 0.3) is 0 Å². The number of anilines is 1. The van der Waals surface area contributed by atoms with E-state index in [1.54, 1.807) is 19.1 Å². The van der Waals surface area contributed by atoms with E-state index in [1.165, 1.54) is 0 Å². The molecule has 3 heterocycles. The number of benzene rings is 2. The SMILES string of the molecule is CC(=O)N1CCC2(CC1)CC(C(=O)Nc1ccc3c(c1)OCO3)c1ccccc1O2. The Balaban J connectivity index is 1.39. The number of rotatable bonds is 2. The number of para-hydroxylation sites is 1. The molecule has 3 aliphatic rings. The van der Waals surface area contributed by atoms with Gasteiger partial charge in [0.15, 0.2) is 11.5 Å². The number of nitrogens with zero attached hydrogens (tertiary/aromatic N) is 1. The van der Waals surface area contributed by atoms with Gasteiger partial charge < -0.3 is 24.4 Å². The molecule has 1 unspecified atom stereocenters. The second-order valence-corrected chi connectivity index (χ2v) is 8.14. The smallest absolute Gasteiger partial charge is 0.232 e. The van der Waals surface area contributed by atoms with Gasteiger partial charge in [-0.25, -0.2) is 0 Å². The lowest BCUT2D eigenvalue weighted by Crippen LogP contribution is -2.52. The average molecular weight is 408 g/mol. The highest BCUT2D eigenvalue weighted by atomic mass is 16.7. The van der Waals surface area contributed by atoms with E-state index in [4.69, 9.17) is 14.2 Å². The van der Waals surface area contributed by atoms with Crippen molar-refractivity contribution in [2.24, 2.45) is 0 Å². The Morgan fingerprint density at radius 3 is 2.60 bits per heavy atom. The van der Waals surface area contributed by atoms with Crippen molar-refractivity contribution in [3.05, 3.63) is 48.0 Å². The second kappa shape index (κ2) is 7.23. The molecule has 156 valence electrons. The number of ether oxygens (including phenoxy) is 3. The highest BCUT2D eigenvalue weighted by Crippen LogP contribution is 2.46. The summed E-state index contributed by atoms with van der Waals surface area (Å²) in [5.74, 6) is 1.75. The van der Waals surface area contributed by atoms with Crippen molar-refractivity contribution >= 4 is 17.5 Å². The molecule has 2 aromatic carbocycles. The molecule has 1 saturated heterocycles. The highest BCUT2D eigenvalue weighted by molar-refractivity contribution is 5.97. The molecule has 1 N–H and O–H groups in total. The number of carbonyl (C=O) groups is 2. The van der Waals surface area contributed by atoms with E-state index in [2.05, 4.69) is 5.32 Å². The quantitative estimate of drug-likeness (QED) is 0.825. The van der Waals surface area contributed by atoms with Crippen LogP contribution < -0.4 is 19.5 Å². The third-order valence-corrected chi connectivity index (χ3v) is 6.27. The van der Waals surface area contributed by atoms with Crippen LogP contribution in [0.1, 0.15) is 37.7 Å². The number of fused-ring (bicyclic) bond motifs is 2. The molecule has 0 saturated carbocycles. The Morgan fingerprint density at radius 2 is 1.80 bits per heavy atom. The van der Waals surface area contributed by atoms with Crippen LogP contribution in [0.15, 0.2) is 42.5 Å². The van der Waals surface area contributed by atoms with Crippen LogP contribution in [-0.4, -0.2) is 42.2 Å². The Hall–Kier alpha value is -3.22. The maximum atomic E-state index is 13.3. The molecule has 3 aliphatic heterocycles. The summed E-state index contributed by atoms with van der Waals surface area (Å²) in [4.78, 5) is 26.9. The highest BCUT2D eigenvalue weighted by Gasteiger charge is 2.45. The summed E-state index contributed by atoms with van der Waals surface area (Å²) in [6.07, 6.45) is 2.02. The van der Waals surface area contributed by atoms with Gasteiger partial charge >= 0.3 is 0 Å². The molecular formula is C23H24N2O5. The van der Waals surface area contributed by atoms with Gasteiger partial charge in [-0.2, -0.15) is 0 Å². The minimum atomic E-state index is -0.433. The molecule has 0 radical (unpaired) electrons. The van der Waals surface area contributed by atoms with Crippen LogP contribution in [0.5, 0.6) is 17.2 Å². The Labute approximate surface area is 174 Å². The molecule has 1 spiro atoms. The summed E-state index contributed by atoms with van der Waals surface area (Å²) in [6.45, 7) is 3.08. The van der Waals surface area contributed by atoms with Crippen molar-refractivity contribution in [3.63, 3.8) is 0 Å². The van der Waals surface area contributed by atoms with Gasteiger partial charge in [-0.1, -0.05) is 18.2 Å². The average Bonchev–Trinajstić information content (AvgIpc) is 3.21. The predicted octanol–water partition coefficient (Wildman–Crippen LogP) is 3.30. The van der Waals surface area contributed by atoms with E-state index in [1.807, 2.05) is 35.2 Å².